The zero-order valence-corrected chi connectivity index (χ0v) is 12.4. The molecule has 1 aromatic carbocycles. The van der Waals surface area contributed by atoms with Crippen LogP contribution in [-0.2, 0) is 6.67 Å². The van der Waals surface area contributed by atoms with E-state index in [0.717, 1.165) is 36.4 Å². The van der Waals surface area contributed by atoms with Gasteiger partial charge >= 0.3 is 0 Å². The van der Waals surface area contributed by atoms with Crippen LogP contribution in [0, 0.1) is 0 Å². The molecule has 110 valence electrons. The fourth-order valence-corrected chi connectivity index (χ4v) is 2.51. The van der Waals surface area contributed by atoms with Crippen molar-refractivity contribution in [2.45, 2.75) is 26.4 Å². The Labute approximate surface area is 124 Å². The molecule has 0 fully saturated rings. The number of hydrogen-bond acceptors (Lipinski definition) is 3. The standard InChI is InChI=1S/C16H19N3O2/c1-3-4-9-18-11-19-10-14(17-15(19)16(18)20)12-5-7-13(21-2)8-6-12/h5-8,10H,3-4,9,11H2,1-2H3. The van der Waals surface area contributed by atoms with E-state index in [1.807, 2.05) is 39.9 Å². The molecule has 0 N–H and O–H groups in total. The van der Waals surface area contributed by atoms with Crippen molar-refractivity contribution >= 4 is 5.91 Å². The monoisotopic (exact) mass is 285 g/mol. The van der Waals surface area contributed by atoms with Crippen LogP contribution in [0.15, 0.2) is 30.5 Å². The summed E-state index contributed by atoms with van der Waals surface area (Å²) >= 11 is 0. The number of unbranched alkanes of at least 4 members (excludes halogenated alkanes) is 1. The average molecular weight is 285 g/mol. The highest BCUT2D eigenvalue weighted by Crippen LogP contribution is 2.25. The van der Waals surface area contributed by atoms with Gasteiger partial charge in [-0.15, -0.1) is 0 Å². The van der Waals surface area contributed by atoms with Crippen LogP contribution in [0.1, 0.15) is 30.4 Å². The van der Waals surface area contributed by atoms with Gasteiger partial charge in [-0.05, 0) is 30.7 Å². The quantitative estimate of drug-likeness (QED) is 0.848. The van der Waals surface area contributed by atoms with Crippen LogP contribution in [0.3, 0.4) is 0 Å². The van der Waals surface area contributed by atoms with Gasteiger partial charge in [0.05, 0.1) is 19.5 Å². The van der Waals surface area contributed by atoms with Crippen molar-refractivity contribution < 1.29 is 9.53 Å². The number of carbonyl (C=O) groups excluding carboxylic acids is 1. The Bertz CT molecular complexity index is 646. The van der Waals surface area contributed by atoms with Gasteiger partial charge in [0.2, 0.25) is 5.82 Å². The first kappa shape index (κ1) is 13.7. The third-order valence-corrected chi connectivity index (χ3v) is 3.75. The van der Waals surface area contributed by atoms with E-state index in [1.165, 1.54) is 0 Å². The molecule has 2 aromatic rings. The lowest BCUT2D eigenvalue weighted by molar-refractivity contribution is 0.0763. The van der Waals surface area contributed by atoms with Crippen molar-refractivity contribution in [2.24, 2.45) is 0 Å². The molecule has 0 saturated heterocycles. The minimum atomic E-state index is 0.0308. The summed E-state index contributed by atoms with van der Waals surface area (Å²) in [6, 6.07) is 7.71. The Hall–Kier alpha value is -2.30. The summed E-state index contributed by atoms with van der Waals surface area (Å²) in [7, 11) is 1.64. The molecule has 1 aliphatic heterocycles. The summed E-state index contributed by atoms with van der Waals surface area (Å²) in [5.41, 5.74) is 1.82. The van der Waals surface area contributed by atoms with Crippen molar-refractivity contribution in [1.29, 1.82) is 0 Å². The maximum atomic E-state index is 12.3. The molecule has 5 nitrogen and oxygen atoms in total. The number of methoxy groups -OCH3 is 1. The second-order valence-electron chi connectivity index (χ2n) is 5.21. The molecule has 2 heterocycles. The first-order chi connectivity index (χ1) is 10.2. The summed E-state index contributed by atoms with van der Waals surface area (Å²) in [5.74, 6) is 1.38. The minimum absolute atomic E-state index is 0.0308. The molecule has 0 spiro atoms. The van der Waals surface area contributed by atoms with E-state index in [0.29, 0.717) is 12.5 Å². The fourth-order valence-electron chi connectivity index (χ4n) is 2.51. The van der Waals surface area contributed by atoms with Crippen LogP contribution >= 0.6 is 0 Å². The maximum absolute atomic E-state index is 12.3. The Morgan fingerprint density at radius 3 is 2.67 bits per heavy atom. The topological polar surface area (TPSA) is 47.4 Å². The number of hydrogen-bond donors (Lipinski definition) is 0. The number of aromatic nitrogens is 2. The van der Waals surface area contributed by atoms with E-state index in [4.69, 9.17) is 4.74 Å². The lowest BCUT2D eigenvalue weighted by Gasteiger charge is -2.14. The summed E-state index contributed by atoms with van der Waals surface area (Å²) in [6.45, 7) is 3.54. The summed E-state index contributed by atoms with van der Waals surface area (Å²) in [6.07, 6.45) is 4.06. The highest BCUT2D eigenvalue weighted by molar-refractivity contribution is 5.93. The smallest absolute Gasteiger partial charge is 0.291 e. The van der Waals surface area contributed by atoms with Gasteiger partial charge in [-0.3, -0.25) is 4.79 Å². The van der Waals surface area contributed by atoms with Crippen molar-refractivity contribution in [3.05, 3.63) is 36.3 Å². The average Bonchev–Trinajstić information content (AvgIpc) is 3.05. The maximum Gasteiger partial charge on any atom is 0.291 e. The second kappa shape index (κ2) is 5.60. The predicted octanol–water partition coefficient (Wildman–Crippen LogP) is 2.77. The molecule has 0 radical (unpaired) electrons. The molecule has 0 saturated carbocycles. The van der Waals surface area contributed by atoms with Crippen LogP contribution < -0.4 is 4.74 Å². The number of fused-ring (bicyclic) bond motifs is 1. The number of carbonyl (C=O) groups is 1. The molecule has 1 aliphatic rings. The lowest BCUT2D eigenvalue weighted by Crippen LogP contribution is -2.25. The molecular weight excluding hydrogens is 266 g/mol. The van der Waals surface area contributed by atoms with Gasteiger partial charge in [0.25, 0.3) is 5.91 Å². The van der Waals surface area contributed by atoms with Gasteiger partial charge in [0.15, 0.2) is 0 Å². The zero-order chi connectivity index (χ0) is 14.8. The Balaban J connectivity index is 1.80. The molecular formula is C16H19N3O2. The Kier molecular flexibility index (Phi) is 3.64. The molecule has 21 heavy (non-hydrogen) atoms. The number of nitrogens with zero attached hydrogens (tertiary/aromatic N) is 3. The van der Waals surface area contributed by atoms with Crippen LogP contribution in [0.2, 0.25) is 0 Å². The van der Waals surface area contributed by atoms with Crippen LogP contribution in [0.4, 0.5) is 0 Å². The SMILES string of the molecule is CCCCN1Cn2cc(-c3ccc(OC)cc3)nc2C1=O. The molecule has 0 atom stereocenters. The molecule has 5 heteroatoms. The first-order valence-corrected chi connectivity index (χ1v) is 7.23. The highest BCUT2D eigenvalue weighted by atomic mass is 16.5. The molecule has 1 amide bonds. The number of benzene rings is 1. The number of rotatable bonds is 5. The Morgan fingerprint density at radius 1 is 1.29 bits per heavy atom. The molecule has 3 rings (SSSR count). The van der Waals surface area contributed by atoms with E-state index >= 15 is 0 Å². The zero-order valence-electron chi connectivity index (χ0n) is 12.4. The summed E-state index contributed by atoms with van der Waals surface area (Å²) in [4.78, 5) is 18.6. The normalized spacial score (nSPS) is 13.6. The van der Waals surface area contributed by atoms with Gasteiger partial charge in [0, 0.05) is 18.3 Å². The van der Waals surface area contributed by atoms with Crippen LogP contribution in [0.5, 0.6) is 5.75 Å². The lowest BCUT2D eigenvalue weighted by atomic mass is 10.1. The van der Waals surface area contributed by atoms with E-state index in [-0.39, 0.29) is 5.91 Å². The van der Waals surface area contributed by atoms with Gasteiger partial charge in [-0.1, -0.05) is 13.3 Å². The van der Waals surface area contributed by atoms with Gasteiger partial charge in [-0.2, -0.15) is 0 Å². The van der Waals surface area contributed by atoms with Crippen molar-refractivity contribution in [2.75, 3.05) is 13.7 Å². The van der Waals surface area contributed by atoms with Gasteiger partial charge in [0.1, 0.15) is 5.75 Å². The molecule has 1 aromatic heterocycles. The highest BCUT2D eigenvalue weighted by Gasteiger charge is 2.29. The largest absolute Gasteiger partial charge is 0.497 e. The van der Waals surface area contributed by atoms with E-state index < -0.39 is 0 Å². The molecule has 0 bridgehead atoms. The van der Waals surface area contributed by atoms with E-state index in [2.05, 4.69) is 11.9 Å². The fraction of sp³-hybridized carbons (Fsp3) is 0.375. The third kappa shape index (κ3) is 2.51. The minimum Gasteiger partial charge on any atom is -0.497 e. The van der Waals surface area contributed by atoms with Crippen molar-refractivity contribution in [1.82, 2.24) is 14.5 Å². The molecule has 0 aliphatic carbocycles. The van der Waals surface area contributed by atoms with Gasteiger partial charge in [-0.25, -0.2) is 4.98 Å². The van der Waals surface area contributed by atoms with Crippen LogP contribution in [0.25, 0.3) is 11.3 Å². The third-order valence-electron chi connectivity index (χ3n) is 3.75. The van der Waals surface area contributed by atoms with E-state index in [9.17, 15) is 4.79 Å². The van der Waals surface area contributed by atoms with Crippen LogP contribution in [-0.4, -0.2) is 34.0 Å². The first-order valence-electron chi connectivity index (χ1n) is 7.23. The van der Waals surface area contributed by atoms with Gasteiger partial charge < -0.3 is 14.2 Å². The predicted molar refractivity (Wildman–Crippen MR) is 80.2 cm³/mol. The van der Waals surface area contributed by atoms with Crippen molar-refractivity contribution in [3.63, 3.8) is 0 Å². The number of ether oxygens (including phenoxy) is 1. The summed E-state index contributed by atoms with van der Waals surface area (Å²) < 4.78 is 7.08. The Morgan fingerprint density at radius 2 is 2.05 bits per heavy atom. The van der Waals surface area contributed by atoms with E-state index in [1.54, 1.807) is 7.11 Å². The summed E-state index contributed by atoms with van der Waals surface area (Å²) in [5, 5.41) is 0. The second-order valence-corrected chi connectivity index (χ2v) is 5.21. The number of amides is 1. The molecule has 0 unspecified atom stereocenters. The number of imidazole rings is 1. The van der Waals surface area contributed by atoms with Crippen molar-refractivity contribution in [3.8, 4) is 17.0 Å².